The van der Waals surface area contributed by atoms with E-state index in [0.717, 1.165) is 31.2 Å². The largest absolute Gasteiger partial charge is 0.460 e. The predicted molar refractivity (Wildman–Crippen MR) is 71.9 cm³/mol. The molecule has 0 heterocycles. The molecule has 2 unspecified atom stereocenters. The first-order valence-corrected chi connectivity index (χ1v) is 8.28. The normalized spacial score (nSPS) is 25.6. The SMILES string of the molecule is CC1(S(=O)(=O)O)C=CC=CC1CCC(F)(F)C(F)(F)C(F)(F)C(F)(F)F. The van der Waals surface area contributed by atoms with Gasteiger partial charge in [0.1, 0.15) is 4.75 Å². The van der Waals surface area contributed by atoms with E-state index >= 15 is 0 Å². The molecule has 1 rings (SSSR count). The third-order valence-corrected chi connectivity index (χ3v) is 5.70. The van der Waals surface area contributed by atoms with Crippen LogP contribution in [-0.4, -0.2) is 41.7 Å². The molecule has 0 spiro atoms. The van der Waals surface area contributed by atoms with Crippen LogP contribution in [0.1, 0.15) is 19.8 Å². The van der Waals surface area contributed by atoms with Crippen LogP contribution in [0.5, 0.6) is 0 Å². The van der Waals surface area contributed by atoms with Crippen molar-refractivity contribution in [2.75, 3.05) is 0 Å². The van der Waals surface area contributed by atoms with Crippen molar-refractivity contribution in [1.82, 2.24) is 0 Å². The third kappa shape index (κ3) is 3.59. The average Bonchev–Trinajstić information content (AvgIpc) is 2.43. The van der Waals surface area contributed by atoms with Gasteiger partial charge in [0.25, 0.3) is 10.1 Å². The van der Waals surface area contributed by atoms with E-state index < -0.39 is 57.6 Å². The van der Waals surface area contributed by atoms with Crippen LogP contribution < -0.4 is 0 Å². The van der Waals surface area contributed by atoms with Crippen molar-refractivity contribution in [3.63, 3.8) is 0 Å². The molecule has 0 aromatic heterocycles. The summed E-state index contributed by atoms with van der Waals surface area (Å²) in [5.41, 5.74) is 0. The van der Waals surface area contributed by atoms with Gasteiger partial charge in [0.05, 0.1) is 0 Å². The van der Waals surface area contributed by atoms with E-state index in [2.05, 4.69) is 0 Å². The zero-order valence-corrected chi connectivity index (χ0v) is 13.7. The van der Waals surface area contributed by atoms with E-state index in [9.17, 15) is 52.5 Å². The minimum atomic E-state index is -7.00. The summed E-state index contributed by atoms with van der Waals surface area (Å²) >= 11 is 0. The summed E-state index contributed by atoms with van der Waals surface area (Å²) in [4.78, 5) is 0. The summed E-state index contributed by atoms with van der Waals surface area (Å²) in [5, 5.41) is 0. The molecule has 13 heteroatoms. The molecule has 0 saturated carbocycles. The number of allylic oxidation sites excluding steroid dienone is 3. The first-order chi connectivity index (χ1) is 11.3. The second kappa shape index (κ2) is 6.43. The number of halogens is 9. The Morgan fingerprint density at radius 2 is 1.46 bits per heavy atom. The van der Waals surface area contributed by atoms with Gasteiger partial charge in [-0.1, -0.05) is 24.3 Å². The Bertz CT molecular complexity index is 694. The maximum absolute atomic E-state index is 13.5. The summed E-state index contributed by atoms with van der Waals surface area (Å²) in [6.07, 6.45) is -6.30. The van der Waals surface area contributed by atoms with Crippen molar-refractivity contribution in [3.05, 3.63) is 24.3 Å². The maximum Gasteiger partial charge on any atom is 0.460 e. The molecule has 1 aliphatic rings. The van der Waals surface area contributed by atoms with Gasteiger partial charge in [-0.2, -0.15) is 47.9 Å². The highest BCUT2D eigenvalue weighted by Gasteiger charge is 2.81. The van der Waals surface area contributed by atoms with Gasteiger partial charge >= 0.3 is 23.9 Å². The maximum atomic E-state index is 13.5. The molecular formula is C13H13F9O3S. The van der Waals surface area contributed by atoms with Crippen LogP contribution in [0.15, 0.2) is 24.3 Å². The fraction of sp³-hybridized carbons (Fsp3) is 0.692. The molecule has 0 bridgehead atoms. The minimum Gasteiger partial charge on any atom is -0.285 e. The lowest BCUT2D eigenvalue weighted by molar-refractivity contribution is -0.396. The van der Waals surface area contributed by atoms with Crippen molar-refractivity contribution in [1.29, 1.82) is 0 Å². The van der Waals surface area contributed by atoms with Crippen LogP contribution in [0, 0.1) is 5.92 Å². The van der Waals surface area contributed by atoms with Gasteiger partial charge in [0.15, 0.2) is 0 Å². The second-order valence-corrected chi connectivity index (χ2v) is 7.73. The lowest BCUT2D eigenvalue weighted by Crippen LogP contribution is -2.61. The van der Waals surface area contributed by atoms with Gasteiger partial charge in [-0.25, -0.2) is 0 Å². The van der Waals surface area contributed by atoms with E-state index in [4.69, 9.17) is 0 Å². The lowest BCUT2D eigenvalue weighted by atomic mass is 9.83. The van der Waals surface area contributed by atoms with Crippen LogP contribution in [-0.2, 0) is 10.1 Å². The Balaban J connectivity index is 3.11. The molecule has 2 atom stereocenters. The van der Waals surface area contributed by atoms with Gasteiger partial charge < -0.3 is 0 Å². The molecule has 0 aromatic rings. The van der Waals surface area contributed by atoms with Crippen LogP contribution in [0.3, 0.4) is 0 Å². The highest BCUT2D eigenvalue weighted by Crippen LogP contribution is 2.54. The molecule has 1 N–H and O–H groups in total. The van der Waals surface area contributed by atoms with Crippen molar-refractivity contribution >= 4 is 10.1 Å². The van der Waals surface area contributed by atoms with E-state index in [1.807, 2.05) is 0 Å². The summed E-state index contributed by atoms with van der Waals surface area (Å²) in [6, 6.07) is 0. The van der Waals surface area contributed by atoms with Crippen LogP contribution >= 0.6 is 0 Å². The quantitative estimate of drug-likeness (QED) is 0.504. The second-order valence-electron chi connectivity index (χ2n) is 5.90. The monoisotopic (exact) mass is 420 g/mol. The van der Waals surface area contributed by atoms with E-state index in [-0.39, 0.29) is 0 Å². The van der Waals surface area contributed by atoms with E-state index in [1.165, 1.54) is 0 Å². The Morgan fingerprint density at radius 1 is 0.962 bits per heavy atom. The molecule has 152 valence electrons. The molecule has 0 fully saturated rings. The fourth-order valence-corrected chi connectivity index (χ4v) is 3.15. The van der Waals surface area contributed by atoms with Crippen LogP contribution in [0.25, 0.3) is 0 Å². The number of alkyl halides is 9. The summed E-state index contributed by atoms with van der Waals surface area (Å²) in [6.45, 7) is 0.855. The third-order valence-electron chi connectivity index (χ3n) is 4.15. The molecule has 0 saturated heterocycles. The van der Waals surface area contributed by atoms with Gasteiger partial charge in [-0.05, 0) is 13.3 Å². The fourth-order valence-electron chi connectivity index (χ4n) is 2.32. The van der Waals surface area contributed by atoms with E-state index in [0.29, 0.717) is 0 Å². The Morgan fingerprint density at radius 3 is 1.88 bits per heavy atom. The predicted octanol–water partition coefficient (Wildman–Crippen LogP) is 4.62. The number of hydrogen-bond donors (Lipinski definition) is 1. The highest BCUT2D eigenvalue weighted by molar-refractivity contribution is 7.87. The van der Waals surface area contributed by atoms with Crippen LogP contribution in [0.2, 0.25) is 0 Å². The molecule has 0 amide bonds. The average molecular weight is 420 g/mol. The van der Waals surface area contributed by atoms with Crippen molar-refractivity contribution < 1.29 is 52.5 Å². The molecule has 1 aliphatic carbocycles. The highest BCUT2D eigenvalue weighted by atomic mass is 32.2. The summed E-state index contributed by atoms with van der Waals surface area (Å²) in [5.74, 6) is -21.1. The van der Waals surface area contributed by atoms with E-state index in [1.54, 1.807) is 0 Å². The molecule has 0 aromatic carbocycles. The first kappa shape index (κ1) is 22.8. The first-order valence-electron chi connectivity index (χ1n) is 6.84. The summed E-state index contributed by atoms with van der Waals surface area (Å²) in [7, 11) is -4.93. The molecule has 0 radical (unpaired) electrons. The Hall–Kier alpha value is -1.24. The Kier molecular flexibility index (Phi) is 5.64. The van der Waals surface area contributed by atoms with Gasteiger partial charge in [0, 0.05) is 12.3 Å². The standard InChI is InChI=1S/C13H13F9O3S/c1-9(26(23,24)25)6-3-2-4-8(9)5-7-10(14,15)11(16,17)12(18,19)13(20,21)22/h2-4,6,8H,5,7H2,1H3,(H,23,24,25). The van der Waals surface area contributed by atoms with Crippen molar-refractivity contribution in [2.24, 2.45) is 5.92 Å². The van der Waals surface area contributed by atoms with Gasteiger partial charge in [-0.15, -0.1) is 0 Å². The van der Waals surface area contributed by atoms with Crippen molar-refractivity contribution in [3.8, 4) is 0 Å². The summed E-state index contributed by atoms with van der Waals surface area (Å²) < 4.78 is 145. The number of rotatable bonds is 6. The number of hydrogen-bond acceptors (Lipinski definition) is 2. The van der Waals surface area contributed by atoms with Crippen molar-refractivity contribution in [2.45, 2.75) is 48.5 Å². The minimum absolute atomic E-state index is 0.855. The Labute approximate surface area is 142 Å². The zero-order chi connectivity index (χ0) is 20.8. The van der Waals surface area contributed by atoms with Gasteiger partial charge in [-0.3, -0.25) is 4.55 Å². The smallest absolute Gasteiger partial charge is 0.285 e. The topological polar surface area (TPSA) is 54.4 Å². The zero-order valence-electron chi connectivity index (χ0n) is 12.9. The molecule has 26 heavy (non-hydrogen) atoms. The van der Waals surface area contributed by atoms with Gasteiger partial charge in [0.2, 0.25) is 0 Å². The molecule has 3 nitrogen and oxygen atoms in total. The molecular weight excluding hydrogens is 407 g/mol. The molecule has 0 aliphatic heterocycles. The lowest BCUT2D eigenvalue weighted by Gasteiger charge is -2.36. The van der Waals surface area contributed by atoms with Crippen LogP contribution in [0.4, 0.5) is 39.5 Å².